The van der Waals surface area contributed by atoms with E-state index in [4.69, 9.17) is 0 Å². The Morgan fingerprint density at radius 3 is 2.33 bits per heavy atom. The molecule has 2 aromatic rings. The van der Waals surface area contributed by atoms with Gasteiger partial charge in [0.15, 0.2) is 0 Å². The lowest BCUT2D eigenvalue weighted by atomic mass is 10.1. The minimum Gasteiger partial charge on any atom is -0.435 e. The first kappa shape index (κ1) is 12.7. The molecule has 0 atom stereocenters. The molecule has 1 aromatic heterocycles. The van der Waals surface area contributed by atoms with Gasteiger partial charge in [-0.1, -0.05) is 0 Å². The van der Waals surface area contributed by atoms with Gasteiger partial charge in [0.2, 0.25) is 5.78 Å². The molecule has 1 aromatic carbocycles. The van der Waals surface area contributed by atoms with E-state index in [-0.39, 0.29) is 11.5 Å². The molecule has 2 nitrogen and oxygen atoms in total. The van der Waals surface area contributed by atoms with Crippen LogP contribution in [0.25, 0.3) is 0 Å². The van der Waals surface area contributed by atoms with Crippen LogP contribution in [-0.4, -0.2) is 12.4 Å². The molecule has 0 unspecified atom stereocenters. The fraction of sp³-hybridized carbons (Fsp3) is 0.154. The van der Waals surface area contributed by atoms with Crippen molar-refractivity contribution in [2.24, 2.45) is 0 Å². The normalized spacial score (nSPS) is 10.7. The summed E-state index contributed by atoms with van der Waals surface area (Å²) in [7, 11) is 0. The Morgan fingerprint density at radius 2 is 1.83 bits per heavy atom. The molecule has 0 spiro atoms. The van der Waals surface area contributed by atoms with Crippen LogP contribution in [0.4, 0.5) is 8.78 Å². The van der Waals surface area contributed by atoms with Crippen LogP contribution in [0, 0.1) is 6.92 Å². The first-order valence-corrected chi connectivity index (χ1v) is 6.04. The summed E-state index contributed by atoms with van der Waals surface area (Å²) in [5, 5.41) is 0. The van der Waals surface area contributed by atoms with Crippen molar-refractivity contribution in [1.82, 2.24) is 0 Å². The molecule has 0 saturated heterocycles. The van der Waals surface area contributed by atoms with Crippen LogP contribution in [0.2, 0.25) is 0 Å². The SMILES string of the molecule is Cc1ccc(C(=O)c2ccc(OC(F)F)cc2)s1. The van der Waals surface area contributed by atoms with E-state index in [1.165, 1.54) is 35.6 Å². The summed E-state index contributed by atoms with van der Waals surface area (Å²) in [4.78, 5) is 13.7. The molecule has 94 valence electrons. The van der Waals surface area contributed by atoms with Crippen LogP contribution < -0.4 is 4.74 Å². The van der Waals surface area contributed by atoms with Crippen molar-refractivity contribution in [2.45, 2.75) is 13.5 Å². The van der Waals surface area contributed by atoms with Crippen molar-refractivity contribution in [3.05, 3.63) is 51.7 Å². The van der Waals surface area contributed by atoms with Crippen LogP contribution in [0.15, 0.2) is 36.4 Å². The van der Waals surface area contributed by atoms with E-state index < -0.39 is 6.61 Å². The third-order valence-electron chi connectivity index (χ3n) is 2.31. The zero-order valence-electron chi connectivity index (χ0n) is 9.52. The predicted molar refractivity (Wildman–Crippen MR) is 65.6 cm³/mol. The van der Waals surface area contributed by atoms with Crippen LogP contribution in [0.1, 0.15) is 20.1 Å². The second-order valence-electron chi connectivity index (χ2n) is 3.64. The van der Waals surface area contributed by atoms with Crippen molar-refractivity contribution in [3.63, 3.8) is 0 Å². The zero-order chi connectivity index (χ0) is 13.1. The van der Waals surface area contributed by atoms with Crippen LogP contribution in [-0.2, 0) is 0 Å². The Balaban J connectivity index is 2.17. The summed E-state index contributed by atoms with van der Waals surface area (Å²) in [5.74, 6) is -0.0689. The van der Waals surface area contributed by atoms with Crippen molar-refractivity contribution < 1.29 is 18.3 Å². The molecular weight excluding hydrogens is 258 g/mol. The monoisotopic (exact) mass is 268 g/mol. The van der Waals surface area contributed by atoms with E-state index in [9.17, 15) is 13.6 Å². The van der Waals surface area contributed by atoms with Crippen molar-refractivity contribution in [2.75, 3.05) is 0 Å². The standard InChI is InChI=1S/C13H10F2O2S/c1-8-2-7-11(18-8)12(16)9-3-5-10(6-4-9)17-13(14)15/h2-7,13H,1H3. The quantitative estimate of drug-likeness (QED) is 0.786. The summed E-state index contributed by atoms with van der Waals surface area (Å²) in [6, 6.07) is 9.31. The van der Waals surface area contributed by atoms with Gasteiger partial charge in [0, 0.05) is 10.4 Å². The Morgan fingerprint density at radius 1 is 1.17 bits per heavy atom. The molecular formula is C13H10F2O2S. The minimum atomic E-state index is -2.86. The molecule has 18 heavy (non-hydrogen) atoms. The van der Waals surface area contributed by atoms with Crippen molar-refractivity contribution in [1.29, 1.82) is 0 Å². The smallest absolute Gasteiger partial charge is 0.387 e. The number of aryl methyl sites for hydroxylation is 1. The summed E-state index contributed by atoms with van der Waals surface area (Å²) >= 11 is 1.40. The lowest BCUT2D eigenvalue weighted by Gasteiger charge is -2.04. The van der Waals surface area contributed by atoms with Gasteiger partial charge in [-0.25, -0.2) is 0 Å². The summed E-state index contributed by atoms with van der Waals surface area (Å²) < 4.78 is 28.1. The van der Waals surface area contributed by atoms with E-state index in [0.29, 0.717) is 10.4 Å². The highest BCUT2D eigenvalue weighted by Crippen LogP contribution is 2.21. The topological polar surface area (TPSA) is 26.3 Å². The highest BCUT2D eigenvalue weighted by atomic mass is 32.1. The van der Waals surface area contributed by atoms with Crippen molar-refractivity contribution in [3.8, 4) is 5.75 Å². The molecule has 0 fully saturated rings. The number of carbonyl (C=O) groups is 1. The minimum absolute atomic E-state index is 0.0453. The first-order chi connectivity index (χ1) is 8.56. The highest BCUT2D eigenvalue weighted by Gasteiger charge is 2.11. The zero-order valence-corrected chi connectivity index (χ0v) is 10.3. The molecule has 2 rings (SSSR count). The summed E-state index contributed by atoms with van der Waals surface area (Å²) in [6.45, 7) is -0.937. The van der Waals surface area contributed by atoms with Gasteiger partial charge in [-0.15, -0.1) is 11.3 Å². The van der Waals surface area contributed by atoms with Crippen LogP contribution in [0.5, 0.6) is 5.75 Å². The molecule has 0 aliphatic carbocycles. The number of hydrogen-bond acceptors (Lipinski definition) is 3. The fourth-order valence-corrected chi connectivity index (χ4v) is 2.32. The Hall–Kier alpha value is -1.75. The maximum absolute atomic E-state index is 12.0. The molecule has 0 aliphatic rings. The van der Waals surface area contributed by atoms with Gasteiger partial charge in [-0.3, -0.25) is 4.79 Å². The predicted octanol–water partition coefficient (Wildman–Crippen LogP) is 3.89. The number of ketones is 1. The van der Waals surface area contributed by atoms with Gasteiger partial charge < -0.3 is 4.74 Å². The maximum Gasteiger partial charge on any atom is 0.387 e. The second-order valence-corrected chi connectivity index (χ2v) is 4.93. The molecule has 0 amide bonds. The Kier molecular flexibility index (Phi) is 3.72. The number of rotatable bonds is 4. The Bertz CT molecular complexity index is 546. The number of ether oxygens (including phenoxy) is 1. The number of carbonyl (C=O) groups excluding carboxylic acids is 1. The van der Waals surface area contributed by atoms with Crippen LogP contribution >= 0.6 is 11.3 Å². The van der Waals surface area contributed by atoms with E-state index >= 15 is 0 Å². The number of thiophene rings is 1. The summed E-state index contributed by atoms with van der Waals surface area (Å²) in [6.07, 6.45) is 0. The van der Waals surface area contributed by atoms with Crippen LogP contribution in [0.3, 0.4) is 0 Å². The number of hydrogen-bond donors (Lipinski definition) is 0. The van der Waals surface area contributed by atoms with Gasteiger partial charge in [-0.2, -0.15) is 8.78 Å². The van der Waals surface area contributed by atoms with E-state index in [0.717, 1.165) is 4.88 Å². The molecule has 0 radical (unpaired) electrons. The van der Waals surface area contributed by atoms with Gasteiger partial charge >= 0.3 is 6.61 Å². The van der Waals surface area contributed by atoms with E-state index in [1.54, 1.807) is 6.07 Å². The van der Waals surface area contributed by atoms with Gasteiger partial charge in [-0.05, 0) is 43.3 Å². The Labute approximate surface area is 107 Å². The first-order valence-electron chi connectivity index (χ1n) is 5.22. The molecule has 1 heterocycles. The maximum atomic E-state index is 12.0. The average molecular weight is 268 g/mol. The summed E-state index contributed by atoms with van der Waals surface area (Å²) in [5.41, 5.74) is 0.457. The molecule has 0 saturated carbocycles. The fourth-order valence-electron chi connectivity index (χ4n) is 1.49. The van der Waals surface area contributed by atoms with Gasteiger partial charge in [0.25, 0.3) is 0 Å². The second kappa shape index (κ2) is 5.27. The van der Waals surface area contributed by atoms with Gasteiger partial charge in [0.1, 0.15) is 5.75 Å². The third-order valence-corrected chi connectivity index (χ3v) is 3.31. The lowest BCUT2D eigenvalue weighted by Crippen LogP contribution is -2.03. The molecule has 0 N–H and O–H groups in total. The molecule has 0 bridgehead atoms. The third kappa shape index (κ3) is 2.92. The van der Waals surface area contributed by atoms with Crippen molar-refractivity contribution >= 4 is 17.1 Å². The molecule has 0 aliphatic heterocycles. The highest BCUT2D eigenvalue weighted by molar-refractivity contribution is 7.14. The van der Waals surface area contributed by atoms with E-state index in [1.807, 2.05) is 13.0 Å². The lowest BCUT2D eigenvalue weighted by molar-refractivity contribution is -0.0498. The number of benzene rings is 1. The molecule has 5 heteroatoms. The largest absolute Gasteiger partial charge is 0.435 e. The number of halogens is 2. The van der Waals surface area contributed by atoms with Gasteiger partial charge in [0.05, 0.1) is 4.88 Å². The van der Waals surface area contributed by atoms with E-state index in [2.05, 4.69) is 4.74 Å². The number of alkyl halides is 2. The average Bonchev–Trinajstić information content (AvgIpc) is 2.75.